The largest absolute Gasteiger partial charge is 2.00 e. The van der Waals surface area contributed by atoms with Gasteiger partial charge in [0.2, 0.25) is 0 Å². The van der Waals surface area contributed by atoms with Gasteiger partial charge in [0.1, 0.15) is 0 Å². The molecular formula is C12H26MnN4+2. The van der Waals surface area contributed by atoms with Gasteiger partial charge in [-0.25, -0.2) is 0 Å². The molecule has 0 aliphatic carbocycles. The Hall–Kier alpha value is 0.359. The SMILES string of the molecule is C1CNCCN2CCCNCCN(C1)CC2.[Mn+2]. The van der Waals surface area contributed by atoms with E-state index in [0.29, 0.717) is 0 Å². The Morgan fingerprint density at radius 3 is 1.47 bits per heavy atom. The van der Waals surface area contributed by atoms with Crippen LogP contribution >= 0.6 is 0 Å². The van der Waals surface area contributed by atoms with E-state index in [4.69, 9.17) is 0 Å². The molecule has 2 saturated heterocycles. The topological polar surface area (TPSA) is 30.5 Å². The van der Waals surface area contributed by atoms with Crippen LogP contribution < -0.4 is 10.6 Å². The molecule has 5 heteroatoms. The van der Waals surface area contributed by atoms with Gasteiger partial charge < -0.3 is 20.4 Å². The Labute approximate surface area is 116 Å². The molecular weight excluding hydrogens is 255 g/mol. The first kappa shape index (κ1) is 15.4. The van der Waals surface area contributed by atoms with Crippen LogP contribution in [0.5, 0.6) is 0 Å². The van der Waals surface area contributed by atoms with E-state index in [2.05, 4.69) is 20.4 Å². The smallest absolute Gasteiger partial charge is 0.315 e. The van der Waals surface area contributed by atoms with Gasteiger partial charge in [0.25, 0.3) is 0 Å². The Balaban J connectivity index is 0.00000144. The third-order valence-corrected chi connectivity index (χ3v) is 3.60. The van der Waals surface area contributed by atoms with E-state index in [0.717, 1.165) is 13.1 Å². The maximum atomic E-state index is 3.54. The number of rotatable bonds is 0. The summed E-state index contributed by atoms with van der Waals surface area (Å²) < 4.78 is 0. The first-order valence-electron chi connectivity index (χ1n) is 6.81. The molecule has 17 heavy (non-hydrogen) atoms. The van der Waals surface area contributed by atoms with Gasteiger partial charge in [-0.1, -0.05) is 0 Å². The van der Waals surface area contributed by atoms with Gasteiger partial charge in [-0.05, 0) is 39.0 Å². The number of nitrogens with zero attached hydrogens (tertiary/aromatic N) is 2. The average Bonchev–Trinajstić information content (AvgIpc) is 2.33. The van der Waals surface area contributed by atoms with E-state index >= 15 is 0 Å². The van der Waals surface area contributed by atoms with E-state index in [-0.39, 0.29) is 17.1 Å². The standard InChI is InChI=1S/C12H26N4.Mn/c1-3-13-5-10-16-8-2-4-14-6-9-15(7-1)11-12-16;/h13-14H,1-12H2;/q;+2. The minimum atomic E-state index is 0. The van der Waals surface area contributed by atoms with Crippen LogP contribution in [0.2, 0.25) is 0 Å². The normalized spacial score (nSPS) is 32.5. The van der Waals surface area contributed by atoms with Gasteiger partial charge in [0, 0.05) is 39.3 Å². The second-order valence-electron chi connectivity index (χ2n) is 4.89. The summed E-state index contributed by atoms with van der Waals surface area (Å²) in [5, 5.41) is 7.08. The number of nitrogens with one attached hydrogen (secondary N) is 2. The monoisotopic (exact) mass is 281 g/mol. The van der Waals surface area contributed by atoms with Crippen molar-refractivity contribution in [2.24, 2.45) is 0 Å². The zero-order chi connectivity index (χ0) is 11.1. The van der Waals surface area contributed by atoms with Crippen LogP contribution in [0.25, 0.3) is 0 Å². The molecule has 0 aromatic carbocycles. The molecule has 2 heterocycles. The molecule has 2 unspecified atom stereocenters. The maximum Gasteiger partial charge on any atom is 2.00 e. The summed E-state index contributed by atoms with van der Waals surface area (Å²) in [6.07, 6.45) is 2.58. The molecule has 1 radical (unpaired) electrons. The zero-order valence-corrected chi connectivity index (χ0v) is 11.9. The molecule has 2 rings (SSSR count). The maximum absolute atomic E-state index is 3.54. The fourth-order valence-electron chi connectivity index (χ4n) is 2.53. The molecule has 4 nitrogen and oxygen atoms in total. The van der Waals surface area contributed by atoms with Crippen molar-refractivity contribution < 1.29 is 17.1 Å². The Morgan fingerprint density at radius 2 is 1.00 bits per heavy atom. The summed E-state index contributed by atoms with van der Waals surface area (Å²) in [6.45, 7) is 12.1. The van der Waals surface area contributed by atoms with Crippen molar-refractivity contribution in [3.8, 4) is 0 Å². The van der Waals surface area contributed by atoms with Crippen molar-refractivity contribution in [1.82, 2.24) is 20.4 Å². The second-order valence-corrected chi connectivity index (χ2v) is 4.89. The molecule has 2 bridgehead atoms. The van der Waals surface area contributed by atoms with E-state index < -0.39 is 0 Å². The quantitative estimate of drug-likeness (QED) is 0.590. The molecule has 2 atom stereocenters. The van der Waals surface area contributed by atoms with Crippen LogP contribution in [0.15, 0.2) is 0 Å². The van der Waals surface area contributed by atoms with Gasteiger partial charge in [-0.2, -0.15) is 0 Å². The van der Waals surface area contributed by atoms with E-state index in [1.807, 2.05) is 0 Å². The van der Waals surface area contributed by atoms with Gasteiger partial charge in [0.15, 0.2) is 0 Å². The minimum absolute atomic E-state index is 0. The Bertz CT molecular complexity index is 155. The summed E-state index contributed by atoms with van der Waals surface area (Å²) in [7, 11) is 0. The van der Waals surface area contributed by atoms with Crippen LogP contribution in [-0.4, -0.2) is 75.2 Å². The number of hydrogen-bond donors (Lipinski definition) is 2. The van der Waals surface area contributed by atoms with E-state index in [1.165, 1.54) is 65.2 Å². The Morgan fingerprint density at radius 1 is 0.529 bits per heavy atom. The van der Waals surface area contributed by atoms with Crippen molar-refractivity contribution in [2.75, 3.05) is 65.4 Å². The average molecular weight is 281 g/mol. The Kier molecular flexibility index (Phi) is 8.44. The third kappa shape index (κ3) is 6.18. The first-order valence-corrected chi connectivity index (χ1v) is 6.81. The van der Waals surface area contributed by atoms with Crippen LogP contribution in [0.4, 0.5) is 0 Å². The van der Waals surface area contributed by atoms with Crippen LogP contribution in [0, 0.1) is 0 Å². The summed E-state index contributed by atoms with van der Waals surface area (Å²) in [5.74, 6) is 0. The molecule has 0 aromatic rings. The first-order chi connectivity index (χ1) is 7.95. The molecule has 0 spiro atoms. The van der Waals surface area contributed by atoms with Crippen molar-refractivity contribution in [2.45, 2.75) is 12.8 Å². The molecule has 0 aromatic heterocycles. The number of hydrogen-bond acceptors (Lipinski definition) is 4. The van der Waals surface area contributed by atoms with Gasteiger partial charge in [0.05, 0.1) is 0 Å². The van der Waals surface area contributed by atoms with Crippen molar-refractivity contribution >= 4 is 0 Å². The predicted octanol–water partition coefficient (Wildman–Crippen LogP) is -0.425. The fraction of sp³-hybridized carbons (Fsp3) is 1.00. The van der Waals surface area contributed by atoms with Crippen LogP contribution in [0.3, 0.4) is 0 Å². The molecule has 2 aliphatic rings. The van der Waals surface area contributed by atoms with Gasteiger partial charge >= 0.3 is 17.1 Å². The molecule has 2 N–H and O–H groups in total. The van der Waals surface area contributed by atoms with Gasteiger partial charge in [-0.15, -0.1) is 0 Å². The second kappa shape index (κ2) is 9.31. The van der Waals surface area contributed by atoms with Crippen LogP contribution in [0.1, 0.15) is 12.8 Å². The molecule has 2 fully saturated rings. The molecule has 2 aliphatic heterocycles. The fourth-order valence-corrected chi connectivity index (χ4v) is 2.53. The van der Waals surface area contributed by atoms with Crippen molar-refractivity contribution in [1.29, 1.82) is 0 Å². The summed E-state index contributed by atoms with van der Waals surface area (Å²) in [5.41, 5.74) is 0. The summed E-state index contributed by atoms with van der Waals surface area (Å²) in [6, 6.07) is 0. The van der Waals surface area contributed by atoms with Crippen molar-refractivity contribution in [3.05, 3.63) is 0 Å². The van der Waals surface area contributed by atoms with E-state index in [9.17, 15) is 0 Å². The number of fused-ring (bicyclic) bond motifs is 3. The van der Waals surface area contributed by atoms with Crippen LogP contribution in [-0.2, 0) is 17.1 Å². The molecule has 99 valence electrons. The summed E-state index contributed by atoms with van der Waals surface area (Å²) in [4.78, 5) is 5.22. The molecule has 0 amide bonds. The predicted molar refractivity (Wildman–Crippen MR) is 67.9 cm³/mol. The minimum Gasteiger partial charge on any atom is -0.315 e. The van der Waals surface area contributed by atoms with Crippen molar-refractivity contribution in [3.63, 3.8) is 0 Å². The summed E-state index contributed by atoms with van der Waals surface area (Å²) >= 11 is 0. The van der Waals surface area contributed by atoms with Gasteiger partial charge in [-0.3, -0.25) is 0 Å². The third-order valence-electron chi connectivity index (χ3n) is 3.60. The molecule has 0 saturated carbocycles. The van der Waals surface area contributed by atoms with E-state index in [1.54, 1.807) is 0 Å². The zero-order valence-electron chi connectivity index (χ0n) is 10.8.